The van der Waals surface area contributed by atoms with Crippen molar-refractivity contribution in [2.75, 3.05) is 5.73 Å². The highest BCUT2D eigenvalue weighted by Gasteiger charge is 2.10. The number of H-pyrrole nitrogens is 2. The lowest BCUT2D eigenvalue weighted by atomic mass is 10.2. The third-order valence-corrected chi connectivity index (χ3v) is 2.55. The maximum atomic E-state index is 11.6. The summed E-state index contributed by atoms with van der Waals surface area (Å²) in [7, 11) is 0. The zero-order valence-electron chi connectivity index (χ0n) is 10.1. The van der Waals surface area contributed by atoms with Gasteiger partial charge >= 0.3 is 5.69 Å². The standard InChI is InChI=1S/C11H9N7O2/c12-7-3-1-2-6(4-7)8-13-5-18(17-8)9-10(19)14-11(20)16-15-9/h1-5H,12H2,(H2,14,16,19,20). The molecule has 3 aromatic rings. The van der Waals surface area contributed by atoms with Gasteiger partial charge in [-0.15, -0.1) is 10.2 Å². The first kappa shape index (κ1) is 11.8. The average Bonchev–Trinajstić information content (AvgIpc) is 2.88. The van der Waals surface area contributed by atoms with Crippen LogP contribution in [0.1, 0.15) is 0 Å². The van der Waals surface area contributed by atoms with Crippen molar-refractivity contribution in [3.05, 3.63) is 51.4 Å². The van der Waals surface area contributed by atoms with E-state index in [1.54, 1.807) is 24.3 Å². The van der Waals surface area contributed by atoms with Gasteiger partial charge in [0.1, 0.15) is 6.33 Å². The van der Waals surface area contributed by atoms with Crippen molar-refractivity contribution in [2.45, 2.75) is 0 Å². The molecule has 1 aromatic carbocycles. The zero-order valence-corrected chi connectivity index (χ0v) is 10.1. The molecule has 3 rings (SSSR count). The molecule has 2 aromatic heterocycles. The molecule has 9 nitrogen and oxygen atoms in total. The quantitative estimate of drug-likeness (QED) is 0.527. The van der Waals surface area contributed by atoms with Gasteiger partial charge in [0, 0.05) is 11.3 Å². The number of aromatic amines is 2. The Morgan fingerprint density at radius 3 is 2.85 bits per heavy atom. The molecule has 9 heteroatoms. The Balaban J connectivity index is 2.06. The number of anilines is 1. The first-order chi connectivity index (χ1) is 9.63. The van der Waals surface area contributed by atoms with E-state index in [-0.39, 0.29) is 5.82 Å². The number of hydrogen-bond donors (Lipinski definition) is 3. The number of nitrogens with two attached hydrogens (primary N) is 1. The minimum atomic E-state index is -0.685. The van der Waals surface area contributed by atoms with Gasteiger partial charge in [0.15, 0.2) is 5.82 Å². The van der Waals surface area contributed by atoms with E-state index in [9.17, 15) is 9.59 Å². The molecule has 4 N–H and O–H groups in total. The number of nitrogen functional groups attached to an aromatic ring is 1. The smallest absolute Gasteiger partial charge is 0.342 e. The second kappa shape index (κ2) is 4.46. The lowest BCUT2D eigenvalue weighted by molar-refractivity contribution is 0.766. The number of hydrogen-bond acceptors (Lipinski definition) is 6. The second-order valence-electron chi connectivity index (χ2n) is 3.97. The maximum absolute atomic E-state index is 11.6. The maximum Gasteiger partial charge on any atom is 0.342 e. The Kier molecular flexibility index (Phi) is 2.64. The summed E-state index contributed by atoms with van der Waals surface area (Å²) in [6.45, 7) is 0. The van der Waals surface area contributed by atoms with Gasteiger partial charge in [-0.3, -0.25) is 9.78 Å². The van der Waals surface area contributed by atoms with Crippen LogP contribution in [0.3, 0.4) is 0 Å². The van der Waals surface area contributed by atoms with E-state index >= 15 is 0 Å². The van der Waals surface area contributed by atoms with Crippen LogP contribution in [0.5, 0.6) is 0 Å². The second-order valence-corrected chi connectivity index (χ2v) is 3.97. The number of nitrogens with one attached hydrogen (secondary N) is 2. The lowest BCUT2D eigenvalue weighted by Crippen LogP contribution is -2.28. The van der Waals surface area contributed by atoms with Crippen LogP contribution in [0.15, 0.2) is 40.2 Å². The van der Waals surface area contributed by atoms with E-state index in [4.69, 9.17) is 5.73 Å². The Morgan fingerprint density at radius 2 is 2.10 bits per heavy atom. The van der Waals surface area contributed by atoms with Gasteiger partial charge in [0.2, 0.25) is 5.82 Å². The fourth-order valence-electron chi connectivity index (χ4n) is 1.67. The normalized spacial score (nSPS) is 10.6. The number of benzene rings is 1. The van der Waals surface area contributed by atoms with E-state index in [0.29, 0.717) is 17.1 Å². The Bertz CT molecular complexity index is 876. The number of rotatable bonds is 2. The van der Waals surface area contributed by atoms with Gasteiger partial charge in [-0.05, 0) is 12.1 Å². The van der Waals surface area contributed by atoms with Gasteiger partial charge in [-0.2, -0.15) is 4.68 Å². The molecule has 0 saturated heterocycles. The largest absolute Gasteiger partial charge is 0.399 e. The molecule has 0 unspecified atom stereocenters. The predicted octanol–water partition coefficient (Wildman–Crippen LogP) is -0.712. The van der Waals surface area contributed by atoms with Crippen LogP contribution >= 0.6 is 0 Å². The molecule has 0 saturated carbocycles. The molecule has 0 atom stereocenters. The minimum Gasteiger partial charge on any atom is -0.399 e. The topological polar surface area (TPSA) is 135 Å². The van der Waals surface area contributed by atoms with E-state index in [2.05, 4.69) is 25.3 Å². The molecule has 100 valence electrons. The third kappa shape index (κ3) is 2.07. The van der Waals surface area contributed by atoms with Crippen molar-refractivity contribution in [2.24, 2.45) is 0 Å². The molecule has 0 aliphatic rings. The molecule has 0 radical (unpaired) electrons. The van der Waals surface area contributed by atoms with E-state index in [1.165, 1.54) is 11.0 Å². The van der Waals surface area contributed by atoms with Crippen LogP contribution in [0.25, 0.3) is 17.2 Å². The van der Waals surface area contributed by atoms with Crippen molar-refractivity contribution in [1.82, 2.24) is 29.9 Å². The van der Waals surface area contributed by atoms with Crippen molar-refractivity contribution >= 4 is 5.69 Å². The molecular formula is C11H9N7O2. The van der Waals surface area contributed by atoms with Crippen LogP contribution in [-0.4, -0.2) is 29.9 Å². The molecule has 0 amide bonds. The Morgan fingerprint density at radius 1 is 1.25 bits per heavy atom. The van der Waals surface area contributed by atoms with Crippen molar-refractivity contribution in [1.29, 1.82) is 0 Å². The fraction of sp³-hybridized carbons (Fsp3) is 0. The minimum absolute atomic E-state index is 0.0766. The summed E-state index contributed by atoms with van der Waals surface area (Å²) in [4.78, 5) is 28.6. The summed E-state index contributed by atoms with van der Waals surface area (Å²) < 4.78 is 1.17. The third-order valence-electron chi connectivity index (χ3n) is 2.55. The van der Waals surface area contributed by atoms with Crippen LogP contribution in [-0.2, 0) is 0 Å². The first-order valence-electron chi connectivity index (χ1n) is 5.60. The lowest BCUT2D eigenvalue weighted by Gasteiger charge is -1.97. The summed E-state index contributed by atoms with van der Waals surface area (Å²) >= 11 is 0. The highest BCUT2D eigenvalue weighted by atomic mass is 16.2. The molecule has 0 spiro atoms. The van der Waals surface area contributed by atoms with Crippen LogP contribution in [0.2, 0.25) is 0 Å². The van der Waals surface area contributed by atoms with Gasteiger partial charge in [0.05, 0.1) is 0 Å². The molecule has 0 fully saturated rings. The molecule has 0 aliphatic carbocycles. The number of nitrogens with zero attached hydrogens (tertiary/aromatic N) is 4. The van der Waals surface area contributed by atoms with Gasteiger partial charge < -0.3 is 5.73 Å². The first-order valence-corrected chi connectivity index (χ1v) is 5.60. The Labute approximate surface area is 111 Å². The van der Waals surface area contributed by atoms with Crippen molar-refractivity contribution in [3.63, 3.8) is 0 Å². The van der Waals surface area contributed by atoms with Crippen LogP contribution < -0.4 is 17.0 Å². The predicted molar refractivity (Wildman–Crippen MR) is 70.2 cm³/mol. The monoisotopic (exact) mass is 271 g/mol. The zero-order chi connectivity index (χ0) is 14.1. The highest BCUT2D eigenvalue weighted by molar-refractivity contribution is 5.60. The Hall–Kier alpha value is -3.23. The summed E-state index contributed by atoms with van der Waals surface area (Å²) in [6, 6.07) is 7.02. The summed E-state index contributed by atoms with van der Waals surface area (Å²) in [5.74, 6) is 0.317. The highest BCUT2D eigenvalue weighted by Crippen LogP contribution is 2.17. The molecule has 0 bridgehead atoms. The SMILES string of the molecule is Nc1cccc(-c2ncn(-c3n[nH]c(=O)[nH]c3=O)n2)c1. The van der Waals surface area contributed by atoms with Gasteiger partial charge in [-0.25, -0.2) is 14.9 Å². The van der Waals surface area contributed by atoms with E-state index < -0.39 is 11.2 Å². The van der Waals surface area contributed by atoms with Gasteiger partial charge in [0.25, 0.3) is 5.56 Å². The van der Waals surface area contributed by atoms with Crippen molar-refractivity contribution in [3.8, 4) is 17.2 Å². The van der Waals surface area contributed by atoms with Crippen LogP contribution in [0.4, 0.5) is 5.69 Å². The van der Waals surface area contributed by atoms with Crippen molar-refractivity contribution < 1.29 is 0 Å². The summed E-state index contributed by atoms with van der Waals surface area (Å²) in [5.41, 5.74) is 5.64. The van der Waals surface area contributed by atoms with E-state index in [1.807, 2.05) is 0 Å². The molecule has 0 aliphatic heterocycles. The molecule has 2 heterocycles. The molecular weight excluding hydrogens is 262 g/mol. The van der Waals surface area contributed by atoms with Gasteiger partial charge in [-0.1, -0.05) is 12.1 Å². The summed E-state index contributed by atoms with van der Waals surface area (Å²) in [5, 5.41) is 9.88. The summed E-state index contributed by atoms with van der Waals surface area (Å²) in [6.07, 6.45) is 1.33. The molecule has 20 heavy (non-hydrogen) atoms. The average molecular weight is 271 g/mol. The van der Waals surface area contributed by atoms with E-state index in [0.717, 1.165) is 0 Å². The number of aromatic nitrogens is 6. The fourth-order valence-corrected chi connectivity index (χ4v) is 1.67. The van der Waals surface area contributed by atoms with Crippen LogP contribution in [0, 0.1) is 0 Å².